The summed E-state index contributed by atoms with van der Waals surface area (Å²) in [6.45, 7) is 1.73. The number of nitrogens with one attached hydrogen (secondary N) is 2. The van der Waals surface area contributed by atoms with Crippen LogP contribution < -0.4 is 14.8 Å². The van der Waals surface area contributed by atoms with Gasteiger partial charge in [0.25, 0.3) is 5.91 Å². The van der Waals surface area contributed by atoms with Gasteiger partial charge in [0.15, 0.2) is 11.6 Å². The van der Waals surface area contributed by atoms with E-state index in [1.165, 1.54) is 25.3 Å². The minimum atomic E-state index is -3.44. The van der Waals surface area contributed by atoms with Crippen molar-refractivity contribution in [3.05, 3.63) is 53.3 Å². The zero-order valence-electron chi connectivity index (χ0n) is 13.4. The maximum Gasteiger partial charge on any atom is 0.255 e. The molecule has 0 saturated carbocycles. The number of halogens is 1. The van der Waals surface area contributed by atoms with Crippen LogP contribution in [0.1, 0.15) is 15.9 Å². The molecule has 2 aromatic carbocycles. The van der Waals surface area contributed by atoms with Gasteiger partial charge < -0.3 is 10.1 Å². The maximum absolute atomic E-state index is 13.7. The van der Waals surface area contributed by atoms with Crippen molar-refractivity contribution in [1.82, 2.24) is 0 Å². The Morgan fingerprint density at radius 3 is 2.46 bits per heavy atom. The summed E-state index contributed by atoms with van der Waals surface area (Å²) in [5, 5.41) is 2.60. The van der Waals surface area contributed by atoms with E-state index in [0.29, 0.717) is 16.9 Å². The van der Waals surface area contributed by atoms with Gasteiger partial charge in [-0.1, -0.05) is 6.07 Å². The van der Waals surface area contributed by atoms with E-state index in [1.807, 2.05) is 0 Å². The molecule has 1 amide bonds. The average Bonchev–Trinajstić information content (AvgIpc) is 2.49. The van der Waals surface area contributed by atoms with Crippen molar-refractivity contribution in [2.75, 3.05) is 23.4 Å². The number of sulfonamides is 1. The molecule has 6 nitrogen and oxygen atoms in total. The monoisotopic (exact) mass is 352 g/mol. The number of rotatable bonds is 5. The quantitative estimate of drug-likeness (QED) is 0.867. The molecule has 0 saturated heterocycles. The first-order chi connectivity index (χ1) is 11.2. The van der Waals surface area contributed by atoms with Crippen LogP contribution in [0.3, 0.4) is 0 Å². The Balaban J connectivity index is 2.23. The molecule has 2 aromatic rings. The number of amides is 1. The summed E-state index contributed by atoms with van der Waals surface area (Å²) in [4.78, 5) is 12.2. The van der Waals surface area contributed by atoms with E-state index in [2.05, 4.69) is 10.0 Å². The van der Waals surface area contributed by atoms with Crippen LogP contribution in [0.25, 0.3) is 0 Å². The predicted molar refractivity (Wildman–Crippen MR) is 90.6 cm³/mol. The van der Waals surface area contributed by atoms with Gasteiger partial charge in [0.05, 0.1) is 19.1 Å². The third-order valence-corrected chi connectivity index (χ3v) is 3.80. The number of anilines is 2. The lowest BCUT2D eigenvalue weighted by Crippen LogP contribution is -2.14. The number of ether oxygens (including phenoxy) is 1. The van der Waals surface area contributed by atoms with E-state index in [4.69, 9.17) is 4.74 Å². The zero-order valence-corrected chi connectivity index (χ0v) is 14.2. The molecule has 0 aromatic heterocycles. The Labute approximate surface area is 139 Å². The highest BCUT2D eigenvalue weighted by atomic mass is 32.2. The van der Waals surface area contributed by atoms with Gasteiger partial charge in [0, 0.05) is 11.3 Å². The van der Waals surface area contributed by atoms with Crippen molar-refractivity contribution < 1.29 is 22.3 Å². The second-order valence-electron chi connectivity index (χ2n) is 5.21. The van der Waals surface area contributed by atoms with Crippen LogP contribution >= 0.6 is 0 Å². The smallest absolute Gasteiger partial charge is 0.255 e. The molecule has 0 bridgehead atoms. The molecule has 0 spiro atoms. The van der Waals surface area contributed by atoms with Crippen LogP contribution in [-0.4, -0.2) is 27.7 Å². The highest BCUT2D eigenvalue weighted by Gasteiger charge is 2.12. The first-order valence-electron chi connectivity index (χ1n) is 6.93. The summed E-state index contributed by atoms with van der Waals surface area (Å²) in [6.07, 6.45) is 1.04. The molecule has 0 aliphatic rings. The Hall–Kier alpha value is -2.61. The van der Waals surface area contributed by atoms with Crippen molar-refractivity contribution in [3.63, 3.8) is 0 Å². The second kappa shape index (κ2) is 6.88. The third-order valence-electron chi connectivity index (χ3n) is 3.20. The van der Waals surface area contributed by atoms with E-state index < -0.39 is 21.7 Å². The maximum atomic E-state index is 13.7. The van der Waals surface area contributed by atoms with Gasteiger partial charge in [0.2, 0.25) is 10.0 Å². The van der Waals surface area contributed by atoms with Gasteiger partial charge in [-0.15, -0.1) is 0 Å². The van der Waals surface area contributed by atoms with Gasteiger partial charge in [-0.3, -0.25) is 9.52 Å². The molecule has 2 rings (SSSR count). The van der Waals surface area contributed by atoms with Crippen LogP contribution in [0, 0.1) is 12.7 Å². The molecule has 24 heavy (non-hydrogen) atoms. The van der Waals surface area contributed by atoms with Crippen LogP contribution in [0.2, 0.25) is 0 Å². The number of aryl methyl sites for hydroxylation is 1. The molecule has 128 valence electrons. The van der Waals surface area contributed by atoms with E-state index in [0.717, 1.165) is 12.3 Å². The number of hydrogen-bond donors (Lipinski definition) is 2. The summed E-state index contributed by atoms with van der Waals surface area (Å²) in [6, 6.07) is 8.64. The Morgan fingerprint density at radius 2 is 1.88 bits per heavy atom. The number of hydrogen-bond acceptors (Lipinski definition) is 4. The van der Waals surface area contributed by atoms with Gasteiger partial charge >= 0.3 is 0 Å². The summed E-state index contributed by atoms with van der Waals surface area (Å²) in [7, 11) is -2.10. The molecule has 0 fully saturated rings. The van der Waals surface area contributed by atoms with E-state index >= 15 is 0 Å². The molecule has 0 unspecified atom stereocenters. The normalized spacial score (nSPS) is 11.0. The van der Waals surface area contributed by atoms with Gasteiger partial charge in [-0.05, 0) is 42.8 Å². The standard InChI is InChI=1S/C16H17FN2O4S/c1-10-4-6-12(9-14(10)19-24(3,21)22)18-16(20)11-5-7-15(23-2)13(17)8-11/h4-9,19H,1-3H3,(H,18,20). The Kier molecular flexibility index (Phi) is 5.08. The zero-order chi connectivity index (χ0) is 17.9. The molecule has 0 aliphatic heterocycles. The minimum absolute atomic E-state index is 0.0431. The number of benzene rings is 2. The van der Waals surface area contributed by atoms with Gasteiger partial charge in [0.1, 0.15) is 0 Å². The minimum Gasteiger partial charge on any atom is -0.494 e. The molecule has 0 atom stereocenters. The van der Waals surface area contributed by atoms with Gasteiger partial charge in [-0.25, -0.2) is 12.8 Å². The molecule has 2 N–H and O–H groups in total. The van der Waals surface area contributed by atoms with Crippen molar-refractivity contribution in [3.8, 4) is 5.75 Å². The number of carbonyl (C=O) groups is 1. The Bertz CT molecular complexity index is 882. The highest BCUT2D eigenvalue weighted by molar-refractivity contribution is 7.92. The summed E-state index contributed by atoms with van der Waals surface area (Å²) in [5.41, 5.74) is 1.56. The summed E-state index contributed by atoms with van der Waals surface area (Å²) < 4.78 is 43.6. The van der Waals surface area contributed by atoms with Crippen molar-refractivity contribution in [2.24, 2.45) is 0 Å². The molecule has 0 radical (unpaired) electrons. The topological polar surface area (TPSA) is 84.5 Å². The fourth-order valence-electron chi connectivity index (χ4n) is 2.02. The lowest BCUT2D eigenvalue weighted by molar-refractivity contribution is 0.102. The number of methoxy groups -OCH3 is 1. The van der Waals surface area contributed by atoms with Gasteiger partial charge in [-0.2, -0.15) is 0 Å². The van der Waals surface area contributed by atoms with E-state index in [-0.39, 0.29) is 11.3 Å². The van der Waals surface area contributed by atoms with Crippen molar-refractivity contribution >= 4 is 27.3 Å². The van der Waals surface area contributed by atoms with Crippen LogP contribution in [0.15, 0.2) is 36.4 Å². The SMILES string of the molecule is COc1ccc(C(=O)Nc2ccc(C)c(NS(C)(=O)=O)c2)cc1F. The lowest BCUT2D eigenvalue weighted by Gasteiger charge is -2.11. The fraction of sp³-hybridized carbons (Fsp3) is 0.188. The van der Waals surface area contributed by atoms with E-state index in [1.54, 1.807) is 19.1 Å². The molecule has 0 aliphatic carbocycles. The number of carbonyl (C=O) groups excluding carboxylic acids is 1. The third kappa shape index (κ3) is 4.45. The summed E-state index contributed by atoms with van der Waals surface area (Å²) >= 11 is 0. The van der Waals surface area contributed by atoms with Crippen molar-refractivity contribution in [1.29, 1.82) is 0 Å². The lowest BCUT2D eigenvalue weighted by atomic mass is 10.1. The van der Waals surface area contributed by atoms with Crippen LogP contribution in [-0.2, 0) is 10.0 Å². The average molecular weight is 352 g/mol. The second-order valence-corrected chi connectivity index (χ2v) is 6.96. The fourth-order valence-corrected chi connectivity index (χ4v) is 2.64. The molecule has 0 heterocycles. The molecular formula is C16H17FN2O4S. The van der Waals surface area contributed by atoms with E-state index in [9.17, 15) is 17.6 Å². The first kappa shape index (κ1) is 17.7. The molecular weight excluding hydrogens is 335 g/mol. The Morgan fingerprint density at radius 1 is 1.17 bits per heavy atom. The highest BCUT2D eigenvalue weighted by Crippen LogP contribution is 2.23. The first-order valence-corrected chi connectivity index (χ1v) is 8.82. The summed E-state index contributed by atoms with van der Waals surface area (Å²) in [5.74, 6) is -1.12. The van der Waals surface area contributed by atoms with Crippen molar-refractivity contribution in [2.45, 2.75) is 6.92 Å². The predicted octanol–water partition coefficient (Wildman–Crippen LogP) is 2.77. The largest absolute Gasteiger partial charge is 0.494 e. The molecule has 8 heteroatoms. The van der Waals surface area contributed by atoms with Crippen LogP contribution in [0.4, 0.5) is 15.8 Å². The van der Waals surface area contributed by atoms with Crippen LogP contribution in [0.5, 0.6) is 5.75 Å².